The van der Waals surface area contributed by atoms with E-state index < -0.39 is 0 Å². The number of likely N-dealkylation sites (tertiary alicyclic amines) is 2. The molecule has 4 nitrogen and oxygen atoms in total. The maximum absolute atomic E-state index is 11.9. The maximum atomic E-state index is 11.9. The predicted octanol–water partition coefficient (Wildman–Crippen LogP) is 1.32. The largest absolute Gasteiger partial charge is 0.342 e. The first-order valence-corrected chi connectivity index (χ1v) is 7.79. The fraction of sp³-hybridized carbons (Fsp3) is 0.933. The Bertz CT molecular complexity index is 290. The smallest absolute Gasteiger partial charge is 0.225 e. The van der Waals surface area contributed by atoms with Crippen molar-refractivity contribution in [3.8, 4) is 0 Å². The Morgan fingerprint density at radius 2 is 1.47 bits per heavy atom. The van der Waals surface area contributed by atoms with E-state index in [0.29, 0.717) is 18.0 Å². The monoisotopic (exact) mass is 267 g/mol. The number of hydrogen-bond donors (Lipinski definition) is 1. The molecular weight excluding hydrogens is 238 g/mol. The molecule has 0 aromatic carbocycles. The number of nitrogens with one attached hydrogen (secondary N) is 1. The highest BCUT2D eigenvalue weighted by molar-refractivity contribution is 5.78. The highest BCUT2D eigenvalue weighted by atomic mass is 16.2. The molecule has 1 amide bonds. The summed E-state index contributed by atoms with van der Waals surface area (Å²) in [6.45, 7) is 8.27. The second-order valence-electron chi connectivity index (χ2n) is 6.50. The minimum atomic E-state index is 0.137. The third kappa shape index (κ3) is 4.18. The number of rotatable bonds is 3. The van der Waals surface area contributed by atoms with Crippen LogP contribution in [0.3, 0.4) is 0 Å². The van der Waals surface area contributed by atoms with Gasteiger partial charge in [0.15, 0.2) is 0 Å². The van der Waals surface area contributed by atoms with Crippen molar-refractivity contribution >= 4 is 5.91 Å². The number of amides is 1. The summed E-state index contributed by atoms with van der Waals surface area (Å²) < 4.78 is 0. The molecule has 0 spiro atoms. The predicted molar refractivity (Wildman–Crippen MR) is 78.1 cm³/mol. The van der Waals surface area contributed by atoms with Crippen molar-refractivity contribution in [2.75, 3.05) is 33.2 Å². The second-order valence-corrected chi connectivity index (χ2v) is 6.50. The number of carbonyl (C=O) groups is 1. The summed E-state index contributed by atoms with van der Waals surface area (Å²) in [4.78, 5) is 16.4. The van der Waals surface area contributed by atoms with Crippen molar-refractivity contribution in [3.05, 3.63) is 0 Å². The van der Waals surface area contributed by atoms with Gasteiger partial charge in [-0.25, -0.2) is 0 Å². The summed E-state index contributed by atoms with van der Waals surface area (Å²) in [7, 11) is 2.20. The number of nitrogens with zero attached hydrogens (tertiary/aromatic N) is 2. The van der Waals surface area contributed by atoms with Gasteiger partial charge in [0, 0.05) is 31.1 Å². The molecule has 0 radical (unpaired) electrons. The zero-order valence-corrected chi connectivity index (χ0v) is 12.7. The van der Waals surface area contributed by atoms with Gasteiger partial charge in [0.2, 0.25) is 5.91 Å². The standard InChI is InChI=1S/C15H29N3O/c1-12(2)15(19)18-10-6-14(7-11-18)16-13-4-8-17(3)9-5-13/h12-14,16H,4-11H2,1-3H3. The van der Waals surface area contributed by atoms with E-state index >= 15 is 0 Å². The van der Waals surface area contributed by atoms with E-state index in [1.54, 1.807) is 0 Å². The molecule has 2 rings (SSSR count). The fourth-order valence-electron chi connectivity index (χ4n) is 3.14. The van der Waals surface area contributed by atoms with Crippen molar-refractivity contribution in [2.24, 2.45) is 5.92 Å². The molecule has 0 aromatic rings. The molecule has 2 heterocycles. The highest BCUT2D eigenvalue weighted by Crippen LogP contribution is 2.16. The molecule has 0 bridgehead atoms. The molecule has 0 atom stereocenters. The van der Waals surface area contributed by atoms with E-state index in [1.807, 2.05) is 18.7 Å². The van der Waals surface area contributed by atoms with Crippen LogP contribution < -0.4 is 5.32 Å². The minimum Gasteiger partial charge on any atom is -0.342 e. The van der Waals surface area contributed by atoms with Crippen LogP contribution in [0.25, 0.3) is 0 Å². The van der Waals surface area contributed by atoms with Gasteiger partial charge in [0.1, 0.15) is 0 Å². The zero-order valence-electron chi connectivity index (χ0n) is 12.7. The van der Waals surface area contributed by atoms with Gasteiger partial charge in [0.25, 0.3) is 0 Å². The summed E-state index contributed by atoms with van der Waals surface area (Å²) in [5.41, 5.74) is 0. The van der Waals surface area contributed by atoms with Crippen LogP contribution in [0.15, 0.2) is 0 Å². The average Bonchev–Trinajstić information content (AvgIpc) is 2.41. The topological polar surface area (TPSA) is 35.6 Å². The molecular formula is C15H29N3O. The van der Waals surface area contributed by atoms with Crippen molar-refractivity contribution in [1.29, 1.82) is 0 Å². The van der Waals surface area contributed by atoms with Crippen LogP contribution in [0.4, 0.5) is 0 Å². The third-order valence-corrected chi connectivity index (χ3v) is 4.49. The van der Waals surface area contributed by atoms with E-state index in [4.69, 9.17) is 0 Å². The molecule has 2 fully saturated rings. The normalized spacial score (nSPS) is 24.1. The first-order chi connectivity index (χ1) is 9.06. The Labute approximate surface area is 117 Å². The van der Waals surface area contributed by atoms with Crippen LogP contribution in [-0.2, 0) is 4.79 Å². The summed E-state index contributed by atoms with van der Waals surface area (Å²) >= 11 is 0. The zero-order chi connectivity index (χ0) is 13.8. The lowest BCUT2D eigenvalue weighted by molar-refractivity contribution is -0.135. The van der Waals surface area contributed by atoms with Gasteiger partial charge >= 0.3 is 0 Å². The molecule has 2 aliphatic rings. The van der Waals surface area contributed by atoms with E-state index in [2.05, 4.69) is 17.3 Å². The molecule has 110 valence electrons. The number of hydrogen-bond acceptors (Lipinski definition) is 3. The van der Waals surface area contributed by atoms with Gasteiger partial charge in [-0.05, 0) is 45.8 Å². The molecule has 4 heteroatoms. The molecule has 1 N–H and O–H groups in total. The van der Waals surface area contributed by atoms with Crippen molar-refractivity contribution < 1.29 is 4.79 Å². The molecule has 0 unspecified atom stereocenters. The average molecular weight is 267 g/mol. The Kier molecular flexibility index (Phi) is 5.22. The van der Waals surface area contributed by atoms with Gasteiger partial charge < -0.3 is 15.1 Å². The van der Waals surface area contributed by atoms with Gasteiger partial charge in [-0.3, -0.25) is 4.79 Å². The third-order valence-electron chi connectivity index (χ3n) is 4.49. The lowest BCUT2D eigenvalue weighted by Gasteiger charge is -2.37. The minimum absolute atomic E-state index is 0.137. The molecule has 0 aliphatic carbocycles. The highest BCUT2D eigenvalue weighted by Gasteiger charge is 2.26. The Morgan fingerprint density at radius 1 is 1.00 bits per heavy atom. The first kappa shape index (κ1) is 14.8. The van der Waals surface area contributed by atoms with Crippen molar-refractivity contribution in [3.63, 3.8) is 0 Å². The van der Waals surface area contributed by atoms with E-state index in [0.717, 1.165) is 25.9 Å². The van der Waals surface area contributed by atoms with Crippen molar-refractivity contribution in [2.45, 2.75) is 51.6 Å². The maximum Gasteiger partial charge on any atom is 0.225 e. The summed E-state index contributed by atoms with van der Waals surface area (Å²) in [6, 6.07) is 1.30. The van der Waals surface area contributed by atoms with Gasteiger partial charge in [0.05, 0.1) is 0 Å². The van der Waals surface area contributed by atoms with Crippen LogP contribution in [0, 0.1) is 5.92 Å². The van der Waals surface area contributed by atoms with Gasteiger partial charge in [-0.2, -0.15) is 0 Å². The van der Waals surface area contributed by atoms with E-state index in [-0.39, 0.29) is 5.92 Å². The summed E-state index contributed by atoms with van der Waals surface area (Å²) in [5, 5.41) is 3.80. The fourth-order valence-corrected chi connectivity index (χ4v) is 3.14. The lowest BCUT2D eigenvalue weighted by Crippen LogP contribution is -2.50. The Morgan fingerprint density at radius 3 is 1.95 bits per heavy atom. The molecule has 19 heavy (non-hydrogen) atoms. The van der Waals surface area contributed by atoms with Crippen LogP contribution in [0.2, 0.25) is 0 Å². The molecule has 0 saturated carbocycles. The molecule has 2 aliphatic heterocycles. The second kappa shape index (κ2) is 6.71. The SMILES string of the molecule is CC(C)C(=O)N1CCC(NC2CCN(C)CC2)CC1. The Balaban J connectivity index is 1.70. The Hall–Kier alpha value is -0.610. The van der Waals surface area contributed by atoms with Crippen molar-refractivity contribution in [1.82, 2.24) is 15.1 Å². The number of piperidine rings is 2. The van der Waals surface area contributed by atoms with Gasteiger partial charge in [-0.1, -0.05) is 13.8 Å². The van der Waals surface area contributed by atoms with Crippen LogP contribution >= 0.6 is 0 Å². The number of carbonyl (C=O) groups excluding carboxylic acids is 1. The summed E-state index contributed by atoms with van der Waals surface area (Å²) in [5.74, 6) is 0.455. The van der Waals surface area contributed by atoms with Gasteiger partial charge in [-0.15, -0.1) is 0 Å². The summed E-state index contributed by atoms with van der Waals surface area (Å²) in [6.07, 6.45) is 4.76. The van der Waals surface area contributed by atoms with E-state index in [9.17, 15) is 4.79 Å². The van der Waals surface area contributed by atoms with E-state index in [1.165, 1.54) is 25.9 Å². The van der Waals surface area contributed by atoms with Crippen LogP contribution in [0.5, 0.6) is 0 Å². The van der Waals surface area contributed by atoms with Crippen LogP contribution in [-0.4, -0.2) is 61.0 Å². The van der Waals surface area contributed by atoms with Crippen LogP contribution in [0.1, 0.15) is 39.5 Å². The molecule has 2 saturated heterocycles. The quantitative estimate of drug-likeness (QED) is 0.837. The first-order valence-electron chi connectivity index (χ1n) is 7.79. The molecule has 0 aromatic heterocycles. The lowest BCUT2D eigenvalue weighted by atomic mass is 9.99.